The Balaban J connectivity index is 0.000000261. The van der Waals surface area contributed by atoms with E-state index in [4.69, 9.17) is 25.2 Å². The standard InChI is InChI=1S/C6H12O2.CH2O3/c7-5-3-1-2-4-6(5)8;2-1(3)4/h5-8H,1-4H2;(H2,2,3,4). The van der Waals surface area contributed by atoms with Crippen molar-refractivity contribution < 1.29 is 25.2 Å². The number of aliphatic hydroxyl groups excluding tert-OH is 2. The predicted molar refractivity (Wildman–Crippen MR) is 41.1 cm³/mol. The van der Waals surface area contributed by atoms with Crippen LogP contribution in [0, 0.1) is 0 Å². The molecule has 5 heteroatoms. The molecule has 0 radical (unpaired) electrons. The highest BCUT2D eigenvalue weighted by molar-refractivity contribution is 5.53. The fourth-order valence-electron chi connectivity index (χ4n) is 1.09. The molecule has 1 rings (SSSR count). The molecule has 0 amide bonds. The van der Waals surface area contributed by atoms with E-state index in [1.54, 1.807) is 0 Å². The quantitative estimate of drug-likeness (QED) is 0.433. The Bertz CT molecular complexity index is 122. The second-order valence-electron chi connectivity index (χ2n) is 2.70. The molecule has 0 aliphatic heterocycles. The Morgan fingerprint density at radius 3 is 1.42 bits per heavy atom. The molecule has 0 saturated heterocycles. The van der Waals surface area contributed by atoms with E-state index in [-0.39, 0.29) is 0 Å². The van der Waals surface area contributed by atoms with E-state index in [0.29, 0.717) is 0 Å². The van der Waals surface area contributed by atoms with Gasteiger partial charge in [0.15, 0.2) is 0 Å². The van der Waals surface area contributed by atoms with Gasteiger partial charge in [-0.05, 0) is 12.8 Å². The molecule has 2 atom stereocenters. The summed E-state index contributed by atoms with van der Waals surface area (Å²) in [6, 6.07) is 0. The molecule has 2 unspecified atom stereocenters. The Labute approximate surface area is 70.3 Å². The molecule has 0 spiro atoms. The van der Waals surface area contributed by atoms with Gasteiger partial charge in [0.05, 0.1) is 12.2 Å². The van der Waals surface area contributed by atoms with Gasteiger partial charge < -0.3 is 20.4 Å². The molecule has 0 aromatic rings. The first-order valence-electron chi connectivity index (χ1n) is 3.82. The molecule has 0 aromatic heterocycles. The zero-order valence-corrected chi connectivity index (χ0v) is 6.68. The normalized spacial score (nSPS) is 28.5. The average Bonchev–Trinajstić information content (AvgIpc) is 1.94. The van der Waals surface area contributed by atoms with Crippen molar-refractivity contribution in [2.24, 2.45) is 0 Å². The molecule has 1 aliphatic carbocycles. The Morgan fingerprint density at radius 1 is 1.00 bits per heavy atom. The van der Waals surface area contributed by atoms with Crippen LogP contribution in [0.25, 0.3) is 0 Å². The summed E-state index contributed by atoms with van der Waals surface area (Å²) >= 11 is 0. The number of hydrogen-bond acceptors (Lipinski definition) is 3. The number of carboxylic acid groups (broad SMARTS) is 2. The molecule has 1 saturated carbocycles. The summed E-state index contributed by atoms with van der Waals surface area (Å²) in [7, 11) is 0. The third kappa shape index (κ3) is 5.94. The molecule has 12 heavy (non-hydrogen) atoms. The summed E-state index contributed by atoms with van der Waals surface area (Å²) in [4.78, 5) is 8.56. The van der Waals surface area contributed by atoms with Crippen molar-refractivity contribution in [2.45, 2.75) is 37.9 Å². The van der Waals surface area contributed by atoms with E-state index < -0.39 is 18.4 Å². The minimum atomic E-state index is -1.83. The molecule has 5 nitrogen and oxygen atoms in total. The van der Waals surface area contributed by atoms with Crippen LogP contribution in [0.4, 0.5) is 4.79 Å². The van der Waals surface area contributed by atoms with E-state index in [1.807, 2.05) is 0 Å². The predicted octanol–water partition coefficient (Wildman–Crippen LogP) is 0.505. The highest BCUT2D eigenvalue weighted by Crippen LogP contribution is 2.17. The Kier molecular flexibility index (Phi) is 5.40. The molecular formula is C7H14O5. The number of aliphatic hydroxyl groups is 2. The molecule has 72 valence electrons. The van der Waals surface area contributed by atoms with Crippen LogP contribution >= 0.6 is 0 Å². The molecule has 0 aromatic carbocycles. The van der Waals surface area contributed by atoms with E-state index in [2.05, 4.69) is 0 Å². The first kappa shape index (κ1) is 11.2. The SMILES string of the molecule is O=C(O)O.OC1CCCCC1O. The lowest BCUT2D eigenvalue weighted by Gasteiger charge is -2.22. The number of carbonyl (C=O) groups is 1. The highest BCUT2D eigenvalue weighted by atomic mass is 16.6. The summed E-state index contributed by atoms with van der Waals surface area (Å²) in [6.45, 7) is 0. The minimum absolute atomic E-state index is 0.441. The van der Waals surface area contributed by atoms with E-state index in [1.165, 1.54) is 0 Å². The van der Waals surface area contributed by atoms with Crippen LogP contribution in [0.15, 0.2) is 0 Å². The van der Waals surface area contributed by atoms with Crippen LogP contribution in [0.2, 0.25) is 0 Å². The van der Waals surface area contributed by atoms with Crippen LogP contribution < -0.4 is 0 Å². The van der Waals surface area contributed by atoms with E-state index in [0.717, 1.165) is 25.7 Å². The van der Waals surface area contributed by atoms with Crippen molar-refractivity contribution >= 4 is 6.16 Å². The fraction of sp³-hybridized carbons (Fsp3) is 0.857. The van der Waals surface area contributed by atoms with Gasteiger partial charge in [-0.2, -0.15) is 0 Å². The average molecular weight is 178 g/mol. The molecule has 0 heterocycles. The van der Waals surface area contributed by atoms with Crippen LogP contribution in [-0.4, -0.2) is 38.8 Å². The van der Waals surface area contributed by atoms with Crippen molar-refractivity contribution in [3.8, 4) is 0 Å². The Hall–Kier alpha value is -0.810. The van der Waals surface area contributed by atoms with Crippen LogP contribution in [-0.2, 0) is 0 Å². The van der Waals surface area contributed by atoms with Crippen molar-refractivity contribution in [1.82, 2.24) is 0 Å². The highest BCUT2D eigenvalue weighted by Gasteiger charge is 2.19. The number of hydrogen-bond donors (Lipinski definition) is 4. The maximum Gasteiger partial charge on any atom is 0.503 e. The van der Waals surface area contributed by atoms with Crippen molar-refractivity contribution in [3.63, 3.8) is 0 Å². The number of rotatable bonds is 0. The van der Waals surface area contributed by atoms with Gasteiger partial charge in [0.1, 0.15) is 0 Å². The summed E-state index contributed by atoms with van der Waals surface area (Å²) in [5, 5.41) is 31.8. The second kappa shape index (κ2) is 5.79. The summed E-state index contributed by atoms with van der Waals surface area (Å²) < 4.78 is 0. The van der Waals surface area contributed by atoms with E-state index >= 15 is 0 Å². The zero-order valence-electron chi connectivity index (χ0n) is 6.68. The smallest absolute Gasteiger partial charge is 0.450 e. The molecular weight excluding hydrogens is 164 g/mol. The Morgan fingerprint density at radius 2 is 1.25 bits per heavy atom. The van der Waals surface area contributed by atoms with Gasteiger partial charge >= 0.3 is 6.16 Å². The van der Waals surface area contributed by atoms with Gasteiger partial charge in [-0.1, -0.05) is 12.8 Å². The second-order valence-corrected chi connectivity index (χ2v) is 2.70. The van der Waals surface area contributed by atoms with Crippen LogP contribution in [0.3, 0.4) is 0 Å². The maximum atomic E-state index is 8.93. The molecule has 1 aliphatic rings. The van der Waals surface area contributed by atoms with Crippen molar-refractivity contribution in [3.05, 3.63) is 0 Å². The molecule has 1 fully saturated rings. The summed E-state index contributed by atoms with van der Waals surface area (Å²) in [5.74, 6) is 0. The lowest BCUT2D eigenvalue weighted by atomic mass is 9.95. The fourth-order valence-corrected chi connectivity index (χ4v) is 1.09. The third-order valence-corrected chi connectivity index (χ3v) is 1.69. The minimum Gasteiger partial charge on any atom is -0.450 e. The molecule has 0 bridgehead atoms. The third-order valence-electron chi connectivity index (χ3n) is 1.69. The van der Waals surface area contributed by atoms with Gasteiger partial charge in [-0.15, -0.1) is 0 Å². The summed E-state index contributed by atoms with van der Waals surface area (Å²) in [5.41, 5.74) is 0. The van der Waals surface area contributed by atoms with Gasteiger partial charge in [0, 0.05) is 0 Å². The van der Waals surface area contributed by atoms with Gasteiger partial charge in [0.2, 0.25) is 0 Å². The van der Waals surface area contributed by atoms with Crippen molar-refractivity contribution in [2.75, 3.05) is 0 Å². The van der Waals surface area contributed by atoms with Crippen LogP contribution in [0.1, 0.15) is 25.7 Å². The first-order valence-corrected chi connectivity index (χ1v) is 3.82. The van der Waals surface area contributed by atoms with Gasteiger partial charge in [0.25, 0.3) is 0 Å². The van der Waals surface area contributed by atoms with Gasteiger partial charge in [-0.25, -0.2) is 4.79 Å². The first-order chi connectivity index (χ1) is 5.54. The van der Waals surface area contributed by atoms with Crippen LogP contribution in [0.5, 0.6) is 0 Å². The summed E-state index contributed by atoms with van der Waals surface area (Å²) in [6.07, 6.45) is 0.978. The zero-order chi connectivity index (χ0) is 9.56. The topological polar surface area (TPSA) is 98.0 Å². The monoisotopic (exact) mass is 178 g/mol. The maximum absolute atomic E-state index is 8.93. The molecule has 4 N–H and O–H groups in total. The lowest BCUT2D eigenvalue weighted by molar-refractivity contribution is -0.00865. The largest absolute Gasteiger partial charge is 0.503 e. The van der Waals surface area contributed by atoms with Gasteiger partial charge in [-0.3, -0.25) is 0 Å². The van der Waals surface area contributed by atoms with E-state index in [9.17, 15) is 0 Å². The lowest BCUT2D eigenvalue weighted by Crippen LogP contribution is -2.28. The van der Waals surface area contributed by atoms with Crippen molar-refractivity contribution in [1.29, 1.82) is 0 Å².